The van der Waals surface area contributed by atoms with Gasteiger partial charge in [-0.25, -0.2) is 0 Å². The van der Waals surface area contributed by atoms with Crippen LogP contribution in [0, 0.1) is 0 Å². The van der Waals surface area contributed by atoms with Gasteiger partial charge in [0, 0.05) is 18.1 Å². The molecule has 1 N–H and O–H groups in total. The van der Waals surface area contributed by atoms with Crippen LogP contribution < -0.4 is 5.32 Å². The summed E-state index contributed by atoms with van der Waals surface area (Å²) in [6.45, 7) is 8.20. The fraction of sp³-hybridized carbons (Fsp3) is 0.667. The predicted molar refractivity (Wildman–Crippen MR) is 87.1 cm³/mol. The maximum Gasteiger partial charge on any atom is 0.0473 e. The van der Waals surface area contributed by atoms with Crippen LogP contribution in [0.2, 0.25) is 0 Å². The molecule has 0 saturated carbocycles. The van der Waals surface area contributed by atoms with E-state index in [1.165, 1.54) is 36.9 Å². The van der Waals surface area contributed by atoms with Gasteiger partial charge in [-0.05, 0) is 57.8 Å². The van der Waals surface area contributed by atoms with E-state index in [2.05, 4.69) is 62.3 Å². The quantitative estimate of drug-likeness (QED) is 0.879. The third-order valence-corrected chi connectivity index (χ3v) is 4.92. The number of aryl methyl sites for hydroxylation is 1. The molecule has 0 amide bonds. The number of piperidine rings is 1. The van der Waals surface area contributed by atoms with Crippen LogP contribution in [0.15, 0.2) is 24.3 Å². The van der Waals surface area contributed by atoms with Crippen LogP contribution in [0.4, 0.5) is 0 Å². The Balaban J connectivity index is 2.13. The number of rotatable bonds is 5. The summed E-state index contributed by atoms with van der Waals surface area (Å²) in [6.07, 6.45) is 5.19. The van der Waals surface area contributed by atoms with Crippen LogP contribution >= 0.6 is 0 Å². The van der Waals surface area contributed by atoms with Gasteiger partial charge in [-0.3, -0.25) is 4.90 Å². The lowest BCUT2D eigenvalue weighted by molar-refractivity contribution is 0.0923. The molecule has 2 heteroatoms. The molecule has 2 rings (SSSR count). The molecule has 0 aliphatic carbocycles. The molecule has 1 saturated heterocycles. The topological polar surface area (TPSA) is 15.3 Å². The smallest absolute Gasteiger partial charge is 0.0473 e. The van der Waals surface area contributed by atoms with Gasteiger partial charge in [0.1, 0.15) is 0 Å². The molecule has 0 spiro atoms. The van der Waals surface area contributed by atoms with Crippen molar-refractivity contribution in [3.05, 3.63) is 35.4 Å². The van der Waals surface area contributed by atoms with Crippen molar-refractivity contribution in [2.75, 3.05) is 13.6 Å². The van der Waals surface area contributed by atoms with E-state index in [1.54, 1.807) is 0 Å². The first-order valence-electron chi connectivity index (χ1n) is 8.19. The molecule has 2 nitrogen and oxygen atoms in total. The summed E-state index contributed by atoms with van der Waals surface area (Å²) in [6, 6.07) is 10.8. The second-order valence-electron chi connectivity index (χ2n) is 6.18. The first-order valence-corrected chi connectivity index (χ1v) is 8.19. The van der Waals surface area contributed by atoms with Gasteiger partial charge in [-0.2, -0.15) is 0 Å². The Morgan fingerprint density at radius 3 is 2.50 bits per heavy atom. The van der Waals surface area contributed by atoms with Crippen molar-refractivity contribution < 1.29 is 0 Å². The minimum atomic E-state index is 0.418. The second kappa shape index (κ2) is 7.24. The van der Waals surface area contributed by atoms with Gasteiger partial charge in [0.15, 0.2) is 0 Å². The van der Waals surface area contributed by atoms with E-state index in [4.69, 9.17) is 0 Å². The van der Waals surface area contributed by atoms with Crippen molar-refractivity contribution >= 4 is 0 Å². The number of likely N-dealkylation sites (N-methyl/N-ethyl adjacent to an activating group) is 1. The predicted octanol–water partition coefficient (Wildman–Crippen LogP) is 3.77. The molecular formula is C18H30N2. The SMILES string of the molecule is CCc1ccc(C(NC)C(C)N2CCCCC2C)cc1. The first kappa shape index (κ1) is 15.5. The lowest BCUT2D eigenvalue weighted by atomic mass is 9.94. The summed E-state index contributed by atoms with van der Waals surface area (Å²) in [7, 11) is 2.09. The van der Waals surface area contributed by atoms with Crippen molar-refractivity contribution in [2.45, 2.75) is 64.6 Å². The highest BCUT2D eigenvalue weighted by atomic mass is 15.2. The van der Waals surface area contributed by atoms with Crippen LogP contribution in [-0.4, -0.2) is 30.6 Å². The third-order valence-electron chi connectivity index (χ3n) is 4.92. The monoisotopic (exact) mass is 274 g/mol. The average molecular weight is 274 g/mol. The normalized spacial score (nSPS) is 23.5. The Bertz CT molecular complexity index is 398. The zero-order chi connectivity index (χ0) is 14.5. The van der Waals surface area contributed by atoms with Gasteiger partial charge in [0.05, 0.1) is 0 Å². The molecule has 0 radical (unpaired) electrons. The van der Waals surface area contributed by atoms with Crippen molar-refractivity contribution in [3.63, 3.8) is 0 Å². The van der Waals surface area contributed by atoms with Crippen molar-refractivity contribution in [1.29, 1.82) is 0 Å². The number of benzene rings is 1. The van der Waals surface area contributed by atoms with Gasteiger partial charge >= 0.3 is 0 Å². The second-order valence-corrected chi connectivity index (χ2v) is 6.18. The molecule has 20 heavy (non-hydrogen) atoms. The Morgan fingerprint density at radius 1 is 1.25 bits per heavy atom. The Morgan fingerprint density at radius 2 is 1.95 bits per heavy atom. The van der Waals surface area contributed by atoms with Gasteiger partial charge < -0.3 is 5.32 Å². The Kier molecular flexibility index (Phi) is 5.62. The van der Waals surface area contributed by atoms with Gasteiger partial charge in [0.25, 0.3) is 0 Å². The maximum absolute atomic E-state index is 3.53. The summed E-state index contributed by atoms with van der Waals surface area (Å²) in [5.74, 6) is 0. The van der Waals surface area contributed by atoms with Gasteiger partial charge in [0.2, 0.25) is 0 Å². The van der Waals surface area contributed by atoms with Gasteiger partial charge in [-0.15, -0.1) is 0 Å². The van der Waals surface area contributed by atoms with E-state index >= 15 is 0 Å². The van der Waals surface area contributed by atoms with E-state index in [0.29, 0.717) is 18.1 Å². The number of likely N-dealkylation sites (tertiary alicyclic amines) is 1. The lowest BCUT2D eigenvalue weighted by Gasteiger charge is -2.41. The molecule has 112 valence electrons. The molecule has 3 unspecified atom stereocenters. The van der Waals surface area contributed by atoms with Crippen molar-refractivity contribution in [3.8, 4) is 0 Å². The molecule has 1 heterocycles. The zero-order valence-corrected chi connectivity index (χ0v) is 13.5. The summed E-state index contributed by atoms with van der Waals surface area (Å²) in [5.41, 5.74) is 2.83. The van der Waals surface area contributed by atoms with E-state index in [-0.39, 0.29) is 0 Å². The number of hydrogen-bond donors (Lipinski definition) is 1. The Labute approximate surface area is 124 Å². The van der Waals surface area contributed by atoms with E-state index in [1.807, 2.05) is 0 Å². The van der Waals surface area contributed by atoms with Crippen LogP contribution in [-0.2, 0) is 6.42 Å². The molecule has 0 bridgehead atoms. The molecule has 1 aliphatic rings. The zero-order valence-electron chi connectivity index (χ0n) is 13.5. The van der Waals surface area contributed by atoms with Gasteiger partial charge in [-0.1, -0.05) is 37.6 Å². The molecule has 1 aliphatic heterocycles. The molecule has 1 aromatic carbocycles. The fourth-order valence-electron chi connectivity index (χ4n) is 3.56. The Hall–Kier alpha value is -0.860. The number of nitrogens with zero attached hydrogens (tertiary/aromatic N) is 1. The number of hydrogen-bond acceptors (Lipinski definition) is 2. The maximum atomic E-state index is 3.53. The van der Waals surface area contributed by atoms with Crippen LogP contribution in [0.3, 0.4) is 0 Å². The molecule has 1 fully saturated rings. The highest BCUT2D eigenvalue weighted by Gasteiger charge is 2.28. The highest BCUT2D eigenvalue weighted by molar-refractivity contribution is 5.26. The molecular weight excluding hydrogens is 244 g/mol. The summed E-state index contributed by atoms with van der Waals surface area (Å²) >= 11 is 0. The van der Waals surface area contributed by atoms with E-state index < -0.39 is 0 Å². The third kappa shape index (κ3) is 3.42. The molecule has 3 atom stereocenters. The minimum absolute atomic E-state index is 0.418. The van der Waals surface area contributed by atoms with Crippen molar-refractivity contribution in [1.82, 2.24) is 10.2 Å². The van der Waals surface area contributed by atoms with E-state index in [9.17, 15) is 0 Å². The first-order chi connectivity index (χ1) is 9.67. The minimum Gasteiger partial charge on any atom is -0.312 e. The van der Waals surface area contributed by atoms with E-state index in [0.717, 1.165) is 6.42 Å². The summed E-state index contributed by atoms with van der Waals surface area (Å²) < 4.78 is 0. The van der Waals surface area contributed by atoms with Crippen LogP contribution in [0.1, 0.15) is 57.2 Å². The lowest BCUT2D eigenvalue weighted by Crippen LogP contribution is -2.48. The van der Waals surface area contributed by atoms with Crippen LogP contribution in [0.25, 0.3) is 0 Å². The average Bonchev–Trinajstić information content (AvgIpc) is 2.49. The number of nitrogens with one attached hydrogen (secondary N) is 1. The fourth-order valence-corrected chi connectivity index (χ4v) is 3.56. The summed E-state index contributed by atoms with van der Waals surface area (Å²) in [4.78, 5) is 2.68. The molecule has 1 aromatic rings. The standard InChI is InChI=1S/C18H30N2/c1-5-16-9-11-17(12-10-16)18(19-4)15(3)20-13-7-6-8-14(20)2/h9-12,14-15,18-19H,5-8,13H2,1-4H3. The summed E-state index contributed by atoms with van der Waals surface area (Å²) in [5, 5.41) is 3.53. The largest absolute Gasteiger partial charge is 0.312 e. The molecule has 0 aromatic heterocycles. The van der Waals surface area contributed by atoms with Crippen LogP contribution in [0.5, 0.6) is 0 Å². The highest BCUT2D eigenvalue weighted by Crippen LogP contribution is 2.27. The van der Waals surface area contributed by atoms with Crippen molar-refractivity contribution in [2.24, 2.45) is 0 Å².